The van der Waals surface area contributed by atoms with E-state index in [0.29, 0.717) is 6.42 Å². The normalized spacial score (nSPS) is 27.8. The van der Waals surface area contributed by atoms with E-state index < -0.39 is 139 Å². The van der Waals surface area contributed by atoms with Gasteiger partial charge in [0.1, 0.15) is 50.5 Å². The van der Waals surface area contributed by atoms with E-state index in [2.05, 4.69) is 38.8 Å². The summed E-state index contributed by atoms with van der Waals surface area (Å²) in [4.78, 5) is 165. The lowest BCUT2D eigenvalue weighted by atomic mass is 9.79. The molecule has 37 nitrogen and oxygen atoms in total. The van der Waals surface area contributed by atoms with Crippen molar-refractivity contribution >= 4 is 76.9 Å². The Bertz CT molecular complexity index is 3100. The summed E-state index contributed by atoms with van der Waals surface area (Å²) in [7, 11) is 0. The minimum atomic E-state index is -1.37. The molecule has 4 unspecified atom stereocenters. The van der Waals surface area contributed by atoms with Gasteiger partial charge < -0.3 is 118 Å². The first-order chi connectivity index (χ1) is 55.5. The molecule has 0 aliphatic carbocycles. The van der Waals surface area contributed by atoms with E-state index in [1.807, 2.05) is 55.4 Å². The zero-order valence-electron chi connectivity index (χ0n) is 71.4. The highest BCUT2D eigenvalue weighted by Gasteiger charge is 2.47. The smallest absolute Gasteiger partial charge is 0.303 e. The van der Waals surface area contributed by atoms with Crippen LogP contribution < -0.4 is 37.6 Å². The van der Waals surface area contributed by atoms with E-state index >= 15 is 0 Å². The van der Waals surface area contributed by atoms with Gasteiger partial charge in [-0.05, 0) is 67.6 Å². The van der Waals surface area contributed by atoms with Crippen molar-refractivity contribution < 1.29 is 143 Å². The molecule has 4 rings (SSSR count). The van der Waals surface area contributed by atoms with Gasteiger partial charge >= 0.3 is 29.8 Å². The van der Waals surface area contributed by atoms with E-state index in [1.165, 1.54) is 48.5 Å². The van der Waals surface area contributed by atoms with E-state index in [-0.39, 0.29) is 254 Å². The SMILES string of the molecule is CC(=O)N[C@H]1C(OCCOCCCC(=O)[C@@H](CCC(=O)NCCOCCOC2O[C@H](COC(C)=O)[C@H](C)[C@H](C)[C@H]2NC(C)=O)NC(=O)CC[C@@H](N)C(=O)N[C@H](CCC(=O)CCCOCCOC2O[C@H](COC(C)=O)[C@H](OC(C)=O)[C@H](C)[C@H]2C)C(=O)NCCOCCOC2O[C@H](COC(C)=O)[C@H](C)[C@H](C)[C@H]2C)O[C@H](COC(C)=O)[C@H](C)[C@@H]1C. The van der Waals surface area contributed by atoms with Gasteiger partial charge in [0.05, 0.1) is 109 Å². The van der Waals surface area contributed by atoms with Crippen LogP contribution in [-0.2, 0) is 143 Å². The van der Waals surface area contributed by atoms with Gasteiger partial charge in [-0.25, -0.2) is 0 Å². The molecule has 0 aromatic rings. The summed E-state index contributed by atoms with van der Waals surface area (Å²) >= 11 is 0. The molecule has 670 valence electrons. The number of rotatable bonds is 55. The minimum absolute atomic E-state index is 0.00507. The molecular formula is C80H135N7O30. The predicted molar refractivity (Wildman–Crippen MR) is 416 cm³/mol. The van der Waals surface area contributed by atoms with E-state index in [4.69, 9.17) is 86.3 Å². The highest BCUT2D eigenvalue weighted by molar-refractivity contribution is 5.92. The molecule has 117 heavy (non-hydrogen) atoms. The molecule has 4 aliphatic heterocycles. The fraction of sp³-hybridized carbons (Fsp3) is 0.838. The summed E-state index contributed by atoms with van der Waals surface area (Å²) in [5.41, 5.74) is 6.41. The molecule has 0 radical (unpaired) electrons. The van der Waals surface area contributed by atoms with Gasteiger partial charge in [0.15, 0.2) is 30.9 Å². The van der Waals surface area contributed by atoms with Gasteiger partial charge in [-0.1, -0.05) is 62.3 Å². The van der Waals surface area contributed by atoms with Gasteiger partial charge in [-0.15, -0.1) is 0 Å². The van der Waals surface area contributed by atoms with Gasteiger partial charge in [-0.2, -0.15) is 0 Å². The highest BCUT2D eigenvalue weighted by atomic mass is 16.7. The molecule has 0 spiro atoms. The fourth-order valence-electron chi connectivity index (χ4n) is 13.9. The topological polar surface area (TPSA) is 477 Å². The number of nitrogens with two attached hydrogens (primary N) is 1. The predicted octanol–water partition coefficient (Wildman–Crippen LogP) is 2.51. The molecule has 6 amide bonds. The van der Waals surface area contributed by atoms with E-state index in [0.717, 1.165) is 0 Å². The fourth-order valence-corrected chi connectivity index (χ4v) is 13.9. The van der Waals surface area contributed by atoms with Gasteiger partial charge in [-0.3, -0.25) is 62.3 Å². The summed E-state index contributed by atoms with van der Waals surface area (Å²) in [5, 5.41) is 16.6. The lowest BCUT2D eigenvalue weighted by molar-refractivity contribution is -0.275. The van der Waals surface area contributed by atoms with Crippen molar-refractivity contribution in [3.63, 3.8) is 0 Å². The Kier molecular flexibility index (Phi) is 48.1. The van der Waals surface area contributed by atoms with Crippen LogP contribution >= 0.6 is 0 Å². The number of amides is 6. The maximum Gasteiger partial charge on any atom is 0.303 e. The second-order valence-corrected chi connectivity index (χ2v) is 30.8. The monoisotopic (exact) mass is 1670 g/mol. The number of carbonyl (C=O) groups is 13. The molecule has 0 saturated carbocycles. The zero-order valence-corrected chi connectivity index (χ0v) is 71.4. The summed E-state index contributed by atoms with van der Waals surface area (Å²) in [6.07, 6.45) is -6.65. The minimum Gasteiger partial charge on any atom is -0.463 e. The summed E-state index contributed by atoms with van der Waals surface area (Å²) in [5.74, 6) is -6.74. The van der Waals surface area contributed by atoms with Crippen LogP contribution in [0, 0.1) is 53.3 Å². The van der Waals surface area contributed by atoms with Crippen LogP contribution in [0.2, 0.25) is 0 Å². The Balaban J connectivity index is 1.36. The maximum absolute atomic E-state index is 14.0. The van der Waals surface area contributed by atoms with Crippen LogP contribution in [0.25, 0.3) is 0 Å². The quantitative estimate of drug-likeness (QED) is 0.0261. The average Bonchev–Trinajstić information content (AvgIpc) is 0.813. The molecule has 0 bridgehead atoms. The molecule has 0 aromatic heterocycles. The number of Topliss-reactive ketones (excluding diaryl/α,β-unsaturated/α-hetero) is 2. The molecule has 4 fully saturated rings. The Morgan fingerprint density at radius 1 is 0.350 bits per heavy atom. The van der Waals surface area contributed by atoms with Gasteiger partial charge in [0.25, 0.3) is 0 Å². The van der Waals surface area contributed by atoms with Crippen LogP contribution in [0.15, 0.2) is 0 Å². The van der Waals surface area contributed by atoms with Crippen LogP contribution in [0.1, 0.15) is 175 Å². The molecule has 23 atom stereocenters. The number of carbonyl (C=O) groups excluding carboxylic acids is 13. The molecule has 8 N–H and O–H groups in total. The first kappa shape index (κ1) is 102. The van der Waals surface area contributed by atoms with E-state index in [9.17, 15) is 62.3 Å². The zero-order chi connectivity index (χ0) is 86.8. The Morgan fingerprint density at radius 2 is 0.744 bits per heavy atom. The summed E-state index contributed by atoms with van der Waals surface area (Å²) in [6, 6.07) is -4.85. The van der Waals surface area contributed by atoms with Crippen molar-refractivity contribution in [3.05, 3.63) is 0 Å². The molecule has 4 heterocycles. The van der Waals surface area contributed by atoms with Crippen molar-refractivity contribution in [1.82, 2.24) is 31.9 Å². The molecule has 37 heteroatoms. The van der Waals surface area contributed by atoms with E-state index in [1.54, 1.807) is 0 Å². The van der Waals surface area contributed by atoms with Gasteiger partial charge in [0.2, 0.25) is 35.4 Å². The Labute approximate surface area is 687 Å². The third kappa shape index (κ3) is 38.5. The number of esters is 5. The molecular weight excluding hydrogens is 1540 g/mol. The van der Waals surface area contributed by atoms with Crippen LogP contribution in [0.5, 0.6) is 0 Å². The van der Waals surface area contributed by atoms with Crippen molar-refractivity contribution in [1.29, 1.82) is 0 Å². The lowest BCUT2D eigenvalue weighted by Gasteiger charge is -2.44. The number of ether oxygens (including phenoxy) is 17. The van der Waals surface area contributed by atoms with Crippen molar-refractivity contribution in [2.75, 3.05) is 119 Å². The highest BCUT2D eigenvalue weighted by Crippen LogP contribution is 2.38. The van der Waals surface area contributed by atoms with Crippen molar-refractivity contribution in [3.8, 4) is 0 Å². The third-order valence-electron chi connectivity index (χ3n) is 21.8. The first-order valence-corrected chi connectivity index (χ1v) is 41.1. The van der Waals surface area contributed by atoms with Crippen molar-refractivity contribution in [2.45, 2.75) is 261 Å². The molecule has 0 aromatic carbocycles. The largest absolute Gasteiger partial charge is 0.463 e. The average molecular weight is 1670 g/mol. The first-order valence-electron chi connectivity index (χ1n) is 41.1. The third-order valence-corrected chi connectivity index (χ3v) is 21.8. The number of hydrogen-bond acceptors (Lipinski definition) is 31. The lowest BCUT2D eigenvalue weighted by Crippen LogP contribution is -2.58. The van der Waals surface area contributed by atoms with Crippen LogP contribution in [0.3, 0.4) is 0 Å². The Hall–Kier alpha value is -7.01. The van der Waals surface area contributed by atoms with Crippen LogP contribution in [-0.4, -0.2) is 282 Å². The second kappa shape index (κ2) is 55.0. The van der Waals surface area contributed by atoms with Crippen LogP contribution in [0.4, 0.5) is 0 Å². The van der Waals surface area contributed by atoms with Gasteiger partial charge in [0, 0.05) is 125 Å². The number of nitrogens with one attached hydrogen (secondary N) is 6. The molecule has 4 saturated heterocycles. The second-order valence-electron chi connectivity index (χ2n) is 30.8. The number of hydrogen-bond donors (Lipinski definition) is 7. The summed E-state index contributed by atoms with van der Waals surface area (Å²) < 4.78 is 98.1. The molecule has 4 aliphatic rings. The Morgan fingerprint density at radius 3 is 1.21 bits per heavy atom. The maximum atomic E-state index is 14.0. The standard InChI is InChI=1S/C80H135N7O30/c1-45-46(2)66(41-109-56(12)90)114-77(52(45)8)105-38-35-104-32-28-83-76(100)64(23-21-61(95)19-17-29-101-33-37-106-78-53(9)51(7)74(113-60(16)94)69(117-78)44-112-59(15)93)87-75(99)62(81)22-25-71(98)86-63(65(96)20-18-30-102-34-39-107-79-72(84-54(10)88)49(5)47(3)67(115-79)42-110-57(13)91)24-26-70(97)82-27-31-103-36-40-108-80-73(85-55(11)89)50(6)48(4)68(116-80)43-111-58(14)92/h45-53,62-64,66-69,72-74,77-80H,17-44,81H2,1-16H3,(H,82,97)(H,83,100)(H,84,88)(H,85,89)(H,86,98)(H,87,99)/t45-,46+,47+,48+,49-,50-,51+,52+,53+,62+,63+,64+,66+,67+,68+,69+,72+,73+,74+,77?,78?,79?,80?/m0/s1. The van der Waals surface area contributed by atoms with Crippen molar-refractivity contribution in [2.24, 2.45) is 59.0 Å². The number of ketones is 2. The summed E-state index contributed by atoms with van der Waals surface area (Å²) in [6.45, 7) is 28.0.